The molecule has 32 heavy (non-hydrogen) atoms. The van der Waals surface area contributed by atoms with Crippen molar-refractivity contribution in [1.82, 2.24) is 0 Å². The third-order valence-electron chi connectivity index (χ3n) is 4.34. The fourth-order valence-corrected chi connectivity index (χ4v) is 2.75. The summed E-state index contributed by atoms with van der Waals surface area (Å²) in [5.41, 5.74) is -0.192. The molecule has 0 fully saturated rings. The molecule has 1 N–H and O–H groups in total. The van der Waals surface area contributed by atoms with Crippen LogP contribution < -0.4 is 10.1 Å². The van der Waals surface area contributed by atoms with Crippen LogP contribution in [0.4, 0.5) is 23.2 Å². The van der Waals surface area contributed by atoms with Gasteiger partial charge in [0.05, 0.1) is 5.56 Å². The van der Waals surface area contributed by atoms with Crippen molar-refractivity contribution in [2.45, 2.75) is 12.8 Å². The molecule has 0 aliphatic heterocycles. The maximum absolute atomic E-state index is 13.0. The van der Waals surface area contributed by atoms with Crippen LogP contribution in [0.1, 0.15) is 16.7 Å². The molecule has 0 radical (unpaired) electrons. The van der Waals surface area contributed by atoms with Crippen molar-refractivity contribution >= 4 is 17.7 Å². The monoisotopic (exact) mass is 440 g/mol. The Hall–Kier alpha value is -4.12. The van der Waals surface area contributed by atoms with Gasteiger partial charge in [0.1, 0.15) is 29.8 Å². The molecule has 0 aliphatic rings. The summed E-state index contributed by atoms with van der Waals surface area (Å²) in [5, 5.41) is 11.7. The van der Waals surface area contributed by atoms with Crippen LogP contribution in [0, 0.1) is 17.1 Å². The number of para-hydroxylation sites is 1. The van der Waals surface area contributed by atoms with Gasteiger partial charge < -0.3 is 10.1 Å². The molecule has 0 atom stereocenters. The highest BCUT2D eigenvalue weighted by molar-refractivity contribution is 6.09. The Morgan fingerprint density at radius 2 is 1.75 bits per heavy atom. The lowest BCUT2D eigenvalue weighted by molar-refractivity contribution is -0.137. The van der Waals surface area contributed by atoms with E-state index in [-0.39, 0.29) is 23.7 Å². The van der Waals surface area contributed by atoms with Gasteiger partial charge in [0.2, 0.25) is 0 Å². The Balaban J connectivity index is 1.78. The van der Waals surface area contributed by atoms with E-state index < -0.39 is 17.6 Å². The zero-order valence-corrected chi connectivity index (χ0v) is 16.5. The number of ether oxygens (including phenoxy) is 1. The molecule has 3 aromatic carbocycles. The van der Waals surface area contributed by atoms with E-state index in [9.17, 15) is 27.6 Å². The number of hydrogen-bond acceptors (Lipinski definition) is 3. The summed E-state index contributed by atoms with van der Waals surface area (Å²) in [6.45, 7) is 0.128. The number of halogens is 4. The van der Waals surface area contributed by atoms with E-state index in [0.29, 0.717) is 16.9 Å². The molecule has 8 heteroatoms. The molecule has 3 aromatic rings. The minimum atomic E-state index is -4.56. The summed E-state index contributed by atoms with van der Waals surface area (Å²) in [4.78, 5) is 12.5. The summed E-state index contributed by atoms with van der Waals surface area (Å²) in [7, 11) is 0. The second-order valence-electron chi connectivity index (χ2n) is 6.66. The minimum Gasteiger partial charge on any atom is -0.488 e. The molecule has 0 saturated carbocycles. The zero-order valence-electron chi connectivity index (χ0n) is 16.5. The first-order valence-electron chi connectivity index (χ1n) is 9.33. The van der Waals surface area contributed by atoms with Crippen molar-refractivity contribution in [3.05, 3.63) is 101 Å². The molecule has 0 aliphatic carbocycles. The zero-order chi connectivity index (χ0) is 23.1. The topological polar surface area (TPSA) is 62.1 Å². The van der Waals surface area contributed by atoms with Crippen molar-refractivity contribution in [2.75, 3.05) is 5.32 Å². The number of nitrogens with zero attached hydrogens (tertiary/aromatic N) is 1. The Bertz CT molecular complexity index is 1180. The van der Waals surface area contributed by atoms with E-state index in [0.717, 1.165) is 18.2 Å². The van der Waals surface area contributed by atoms with Crippen LogP contribution in [0.2, 0.25) is 0 Å². The molecule has 3 rings (SSSR count). The number of benzene rings is 3. The standard InChI is InChI=1S/C24H16F4N2O2/c25-20-10-8-16(9-11-20)15-32-22-7-2-1-4-17(22)12-18(14-29)23(31)30-21-6-3-5-19(13-21)24(26,27)28/h1-13H,15H2,(H,30,31)/b18-12+. The average Bonchev–Trinajstić information content (AvgIpc) is 2.77. The van der Waals surface area contributed by atoms with Gasteiger partial charge in [0.25, 0.3) is 5.91 Å². The predicted octanol–water partition coefficient (Wildman–Crippen LogP) is 5.97. The molecular formula is C24H16F4N2O2. The van der Waals surface area contributed by atoms with Crippen LogP contribution in [-0.4, -0.2) is 5.91 Å². The first kappa shape index (κ1) is 22.6. The average molecular weight is 440 g/mol. The highest BCUT2D eigenvalue weighted by Crippen LogP contribution is 2.31. The smallest absolute Gasteiger partial charge is 0.416 e. The molecule has 0 bridgehead atoms. The van der Waals surface area contributed by atoms with E-state index >= 15 is 0 Å². The van der Waals surface area contributed by atoms with Crippen LogP contribution >= 0.6 is 0 Å². The van der Waals surface area contributed by atoms with Gasteiger partial charge in [-0.25, -0.2) is 4.39 Å². The molecule has 0 unspecified atom stereocenters. The summed E-state index contributed by atoms with van der Waals surface area (Å²) in [5.74, 6) is -0.862. The third kappa shape index (κ3) is 5.95. The first-order valence-corrected chi connectivity index (χ1v) is 9.33. The van der Waals surface area contributed by atoms with Crippen molar-refractivity contribution in [3.8, 4) is 11.8 Å². The molecule has 0 spiro atoms. The quantitative estimate of drug-likeness (QED) is 0.292. The highest BCUT2D eigenvalue weighted by Gasteiger charge is 2.30. The summed E-state index contributed by atoms with van der Waals surface area (Å²) in [6.07, 6.45) is -3.28. The van der Waals surface area contributed by atoms with Crippen LogP contribution in [0.25, 0.3) is 6.08 Å². The Labute approximate surface area is 181 Å². The summed E-state index contributed by atoms with van der Waals surface area (Å²) < 4.78 is 57.4. The molecule has 4 nitrogen and oxygen atoms in total. The normalized spacial score (nSPS) is 11.5. The van der Waals surface area contributed by atoms with Crippen LogP contribution in [0.15, 0.2) is 78.4 Å². The summed E-state index contributed by atoms with van der Waals surface area (Å²) in [6, 6.07) is 18.2. The van der Waals surface area contributed by atoms with Gasteiger partial charge in [-0.1, -0.05) is 36.4 Å². The van der Waals surface area contributed by atoms with Crippen molar-refractivity contribution in [3.63, 3.8) is 0 Å². The number of hydrogen-bond donors (Lipinski definition) is 1. The van der Waals surface area contributed by atoms with E-state index in [1.165, 1.54) is 24.3 Å². The number of nitrogens with one attached hydrogen (secondary N) is 1. The number of alkyl halides is 3. The predicted molar refractivity (Wildman–Crippen MR) is 111 cm³/mol. The third-order valence-corrected chi connectivity index (χ3v) is 4.34. The van der Waals surface area contributed by atoms with E-state index in [4.69, 9.17) is 4.74 Å². The van der Waals surface area contributed by atoms with Gasteiger partial charge in [-0.3, -0.25) is 4.79 Å². The molecule has 0 aromatic heterocycles. The molecule has 0 saturated heterocycles. The highest BCUT2D eigenvalue weighted by atomic mass is 19.4. The van der Waals surface area contributed by atoms with Gasteiger partial charge in [0, 0.05) is 11.3 Å². The number of amides is 1. The maximum atomic E-state index is 13.0. The minimum absolute atomic E-state index is 0.0909. The molecule has 0 heterocycles. The second-order valence-corrected chi connectivity index (χ2v) is 6.66. The number of carbonyl (C=O) groups excluding carboxylic acids is 1. The second kappa shape index (κ2) is 9.79. The Morgan fingerprint density at radius 3 is 2.44 bits per heavy atom. The van der Waals surface area contributed by atoms with Crippen LogP contribution in [-0.2, 0) is 17.6 Å². The van der Waals surface area contributed by atoms with Crippen molar-refractivity contribution < 1.29 is 27.1 Å². The lowest BCUT2D eigenvalue weighted by Gasteiger charge is -2.11. The van der Waals surface area contributed by atoms with E-state index in [2.05, 4.69) is 5.32 Å². The number of anilines is 1. The van der Waals surface area contributed by atoms with Gasteiger partial charge >= 0.3 is 6.18 Å². The summed E-state index contributed by atoms with van der Waals surface area (Å²) >= 11 is 0. The lowest BCUT2D eigenvalue weighted by Crippen LogP contribution is -2.14. The number of rotatable bonds is 6. The number of nitriles is 1. The SMILES string of the molecule is N#C/C(=C\c1ccccc1OCc1ccc(F)cc1)C(=O)Nc1cccc(C(F)(F)F)c1. The largest absolute Gasteiger partial charge is 0.488 e. The molecule has 1 amide bonds. The fourth-order valence-electron chi connectivity index (χ4n) is 2.75. The Kier molecular flexibility index (Phi) is 6.90. The van der Waals surface area contributed by atoms with Crippen molar-refractivity contribution in [2.24, 2.45) is 0 Å². The molecular weight excluding hydrogens is 424 g/mol. The van der Waals surface area contributed by atoms with Gasteiger partial charge in [-0.2, -0.15) is 18.4 Å². The van der Waals surface area contributed by atoms with Gasteiger partial charge in [0.15, 0.2) is 0 Å². The van der Waals surface area contributed by atoms with E-state index in [1.807, 2.05) is 0 Å². The maximum Gasteiger partial charge on any atom is 0.416 e. The van der Waals surface area contributed by atoms with Gasteiger partial charge in [-0.15, -0.1) is 0 Å². The van der Waals surface area contributed by atoms with E-state index in [1.54, 1.807) is 42.5 Å². The van der Waals surface area contributed by atoms with Gasteiger partial charge in [-0.05, 0) is 48.0 Å². The first-order chi connectivity index (χ1) is 15.3. The van der Waals surface area contributed by atoms with Crippen molar-refractivity contribution in [1.29, 1.82) is 5.26 Å². The fraction of sp³-hybridized carbons (Fsp3) is 0.0833. The molecule has 162 valence electrons. The van der Waals surface area contributed by atoms with Crippen LogP contribution in [0.5, 0.6) is 5.75 Å². The Morgan fingerprint density at radius 1 is 1.03 bits per heavy atom. The van der Waals surface area contributed by atoms with Crippen LogP contribution in [0.3, 0.4) is 0 Å². The number of carbonyl (C=O) groups is 1. The lowest BCUT2D eigenvalue weighted by atomic mass is 10.1.